The van der Waals surface area contributed by atoms with Crippen LogP contribution in [0.3, 0.4) is 0 Å². The summed E-state index contributed by atoms with van der Waals surface area (Å²) < 4.78 is 28.3. The van der Waals surface area contributed by atoms with E-state index in [4.69, 9.17) is 0 Å². The van der Waals surface area contributed by atoms with Gasteiger partial charge in [-0.25, -0.2) is 8.42 Å². The van der Waals surface area contributed by atoms with Gasteiger partial charge in [-0.1, -0.05) is 48.0 Å². The van der Waals surface area contributed by atoms with Crippen LogP contribution < -0.4 is 10.0 Å². The molecule has 0 radical (unpaired) electrons. The first-order valence-electron chi connectivity index (χ1n) is 11.6. The second kappa shape index (κ2) is 10.4. The number of aryl methyl sites for hydroxylation is 1. The summed E-state index contributed by atoms with van der Waals surface area (Å²) in [4.78, 5) is 15.6. The van der Waals surface area contributed by atoms with E-state index in [9.17, 15) is 13.2 Å². The van der Waals surface area contributed by atoms with Crippen LogP contribution in [0.25, 0.3) is 0 Å². The van der Waals surface area contributed by atoms with Crippen LogP contribution in [-0.2, 0) is 23.1 Å². The second-order valence-electron chi connectivity index (χ2n) is 8.83. The zero-order valence-electron chi connectivity index (χ0n) is 19.7. The Labute approximate surface area is 202 Å². The van der Waals surface area contributed by atoms with Crippen molar-refractivity contribution in [3.8, 4) is 0 Å². The third kappa shape index (κ3) is 5.66. The van der Waals surface area contributed by atoms with Gasteiger partial charge in [0.2, 0.25) is 0 Å². The molecule has 0 atom stereocenters. The maximum Gasteiger partial charge on any atom is 0.261 e. The van der Waals surface area contributed by atoms with E-state index < -0.39 is 10.0 Å². The summed E-state index contributed by atoms with van der Waals surface area (Å²) in [5, 5.41) is 3.01. The van der Waals surface area contributed by atoms with Gasteiger partial charge >= 0.3 is 0 Å². The van der Waals surface area contributed by atoms with Crippen LogP contribution in [-0.4, -0.2) is 32.3 Å². The Kier molecular flexibility index (Phi) is 7.34. The summed E-state index contributed by atoms with van der Waals surface area (Å²) in [6.07, 6.45) is 2.48. The molecule has 1 heterocycles. The molecule has 4 rings (SSSR count). The topological polar surface area (TPSA) is 78.5 Å². The average Bonchev–Trinajstić information content (AvgIpc) is 3.33. The highest BCUT2D eigenvalue weighted by Crippen LogP contribution is 2.23. The molecule has 0 saturated carbocycles. The number of sulfonamides is 1. The molecule has 178 valence electrons. The maximum atomic E-state index is 13.0. The molecule has 1 aliphatic rings. The molecule has 0 aromatic heterocycles. The van der Waals surface area contributed by atoms with Crippen LogP contribution in [0, 0.1) is 13.8 Å². The van der Waals surface area contributed by atoms with Crippen molar-refractivity contribution >= 4 is 21.6 Å². The average molecular weight is 478 g/mol. The van der Waals surface area contributed by atoms with Crippen LogP contribution in [0.5, 0.6) is 0 Å². The van der Waals surface area contributed by atoms with Crippen molar-refractivity contribution in [2.75, 3.05) is 17.8 Å². The zero-order chi connectivity index (χ0) is 24.1. The number of benzene rings is 3. The quantitative estimate of drug-likeness (QED) is 0.496. The molecule has 0 unspecified atom stereocenters. The molecular formula is C27H31N3O3S. The van der Waals surface area contributed by atoms with Gasteiger partial charge in [0.15, 0.2) is 0 Å². The fourth-order valence-electron chi connectivity index (χ4n) is 4.25. The summed E-state index contributed by atoms with van der Waals surface area (Å²) >= 11 is 0. The number of anilines is 1. The molecule has 6 nitrogen and oxygen atoms in total. The number of hydrogen-bond acceptors (Lipinski definition) is 4. The van der Waals surface area contributed by atoms with E-state index in [0.717, 1.165) is 30.8 Å². The van der Waals surface area contributed by atoms with Gasteiger partial charge < -0.3 is 5.32 Å². The fourth-order valence-corrected chi connectivity index (χ4v) is 5.37. The summed E-state index contributed by atoms with van der Waals surface area (Å²) in [5.41, 5.74) is 4.72. The van der Waals surface area contributed by atoms with Crippen molar-refractivity contribution < 1.29 is 13.2 Å². The SMILES string of the molecule is Cc1ccc(S(=O)(=O)Nc2cccc(C(=O)NCc3ccccc3CN3CCCC3)c2C)cc1. The number of likely N-dealkylation sites (tertiary alicyclic amines) is 1. The normalized spacial score (nSPS) is 14.2. The molecule has 1 amide bonds. The minimum absolute atomic E-state index is 0.182. The lowest BCUT2D eigenvalue weighted by Gasteiger charge is -2.18. The van der Waals surface area contributed by atoms with E-state index >= 15 is 0 Å². The predicted molar refractivity (Wildman–Crippen MR) is 135 cm³/mol. The lowest BCUT2D eigenvalue weighted by molar-refractivity contribution is 0.0950. The molecule has 1 aliphatic heterocycles. The Morgan fingerprint density at radius 3 is 2.26 bits per heavy atom. The number of hydrogen-bond donors (Lipinski definition) is 2. The Morgan fingerprint density at radius 1 is 0.882 bits per heavy atom. The smallest absolute Gasteiger partial charge is 0.261 e. The zero-order valence-corrected chi connectivity index (χ0v) is 20.5. The largest absolute Gasteiger partial charge is 0.348 e. The van der Waals surface area contributed by atoms with Crippen molar-refractivity contribution in [3.63, 3.8) is 0 Å². The monoisotopic (exact) mass is 477 g/mol. The van der Waals surface area contributed by atoms with Crippen molar-refractivity contribution in [1.82, 2.24) is 10.2 Å². The molecule has 34 heavy (non-hydrogen) atoms. The standard InChI is InChI=1S/C27H31N3O3S/c1-20-12-14-24(15-13-20)34(32,33)29-26-11-7-10-25(21(26)2)27(31)28-18-22-8-3-4-9-23(22)19-30-16-5-6-17-30/h3-4,7-15,29H,5-6,16-19H2,1-2H3,(H,28,31). The van der Waals surface area contributed by atoms with Gasteiger partial charge in [0.1, 0.15) is 0 Å². The molecule has 3 aromatic rings. The van der Waals surface area contributed by atoms with Gasteiger partial charge in [-0.2, -0.15) is 0 Å². The highest BCUT2D eigenvalue weighted by Gasteiger charge is 2.19. The van der Waals surface area contributed by atoms with Crippen molar-refractivity contribution in [2.24, 2.45) is 0 Å². The first-order valence-corrected chi connectivity index (χ1v) is 13.1. The summed E-state index contributed by atoms with van der Waals surface area (Å²) in [6, 6.07) is 19.9. The summed E-state index contributed by atoms with van der Waals surface area (Å²) in [7, 11) is -3.75. The van der Waals surface area contributed by atoms with Gasteiger partial charge in [0.25, 0.3) is 15.9 Å². The summed E-state index contributed by atoms with van der Waals surface area (Å²) in [6.45, 7) is 7.20. The first kappa shape index (κ1) is 24.0. The molecule has 3 aromatic carbocycles. The molecule has 2 N–H and O–H groups in total. The summed E-state index contributed by atoms with van der Waals surface area (Å²) in [5.74, 6) is -0.232. The third-order valence-electron chi connectivity index (χ3n) is 6.30. The number of nitrogens with zero attached hydrogens (tertiary/aromatic N) is 1. The van der Waals surface area contributed by atoms with E-state index in [-0.39, 0.29) is 10.8 Å². The lowest BCUT2D eigenvalue weighted by atomic mass is 10.0. The van der Waals surface area contributed by atoms with Gasteiger partial charge in [-0.15, -0.1) is 0 Å². The molecule has 7 heteroatoms. The molecule has 0 bridgehead atoms. The predicted octanol–water partition coefficient (Wildman–Crippen LogP) is 4.63. The minimum atomic E-state index is -3.75. The van der Waals surface area contributed by atoms with Gasteiger partial charge in [0, 0.05) is 18.7 Å². The van der Waals surface area contributed by atoms with Crippen LogP contribution in [0.15, 0.2) is 71.6 Å². The van der Waals surface area contributed by atoms with Crippen LogP contribution in [0.4, 0.5) is 5.69 Å². The van der Waals surface area contributed by atoms with Gasteiger partial charge in [-0.3, -0.25) is 14.4 Å². The number of rotatable bonds is 8. The van der Waals surface area contributed by atoms with Crippen molar-refractivity contribution in [3.05, 3.63) is 94.5 Å². The Hall–Kier alpha value is -3.16. The second-order valence-corrected chi connectivity index (χ2v) is 10.5. The van der Waals surface area contributed by atoms with E-state index in [2.05, 4.69) is 21.0 Å². The van der Waals surface area contributed by atoms with Crippen molar-refractivity contribution in [1.29, 1.82) is 0 Å². The maximum absolute atomic E-state index is 13.0. The van der Waals surface area contributed by atoms with Gasteiger partial charge in [-0.05, 0) is 80.7 Å². The first-order chi connectivity index (χ1) is 16.3. The van der Waals surface area contributed by atoms with Crippen LogP contribution >= 0.6 is 0 Å². The number of carbonyl (C=O) groups is 1. The van der Waals surface area contributed by atoms with Crippen LogP contribution in [0.2, 0.25) is 0 Å². The Morgan fingerprint density at radius 2 is 1.56 bits per heavy atom. The van der Waals surface area contributed by atoms with Gasteiger partial charge in [0.05, 0.1) is 10.6 Å². The molecule has 0 aliphatic carbocycles. The Balaban J connectivity index is 1.47. The number of nitrogens with one attached hydrogen (secondary N) is 2. The highest BCUT2D eigenvalue weighted by atomic mass is 32.2. The van der Waals surface area contributed by atoms with E-state index in [1.807, 2.05) is 25.1 Å². The molecule has 1 fully saturated rings. The molecular weight excluding hydrogens is 446 g/mol. The number of carbonyl (C=O) groups excluding carboxylic acids is 1. The fraction of sp³-hybridized carbons (Fsp3) is 0.296. The van der Waals surface area contributed by atoms with Crippen LogP contribution in [0.1, 0.15) is 45.5 Å². The highest BCUT2D eigenvalue weighted by molar-refractivity contribution is 7.92. The van der Waals surface area contributed by atoms with Crippen molar-refractivity contribution in [2.45, 2.75) is 44.7 Å². The minimum Gasteiger partial charge on any atom is -0.348 e. The lowest BCUT2D eigenvalue weighted by Crippen LogP contribution is -2.26. The third-order valence-corrected chi connectivity index (χ3v) is 7.69. The van der Waals surface area contributed by atoms with E-state index in [1.54, 1.807) is 49.4 Å². The van der Waals surface area contributed by atoms with E-state index in [1.165, 1.54) is 18.4 Å². The Bertz CT molecular complexity index is 1260. The molecule has 1 saturated heterocycles. The van der Waals surface area contributed by atoms with E-state index in [0.29, 0.717) is 23.4 Å². The number of amides is 1. The molecule has 0 spiro atoms.